The van der Waals surface area contributed by atoms with E-state index in [0.29, 0.717) is 4.90 Å². The van der Waals surface area contributed by atoms with Gasteiger partial charge in [0, 0.05) is 9.79 Å². The number of hydrogen-bond acceptors (Lipinski definition) is 3. The van der Waals surface area contributed by atoms with Crippen LogP contribution in [0, 0.1) is 11.7 Å². The van der Waals surface area contributed by atoms with Gasteiger partial charge in [0.1, 0.15) is 5.82 Å². The molecule has 122 valence electrons. The molecule has 1 N–H and O–H groups in total. The molecule has 0 spiro atoms. The van der Waals surface area contributed by atoms with E-state index in [1.807, 2.05) is 30.3 Å². The number of halogens is 1. The van der Waals surface area contributed by atoms with E-state index in [1.54, 1.807) is 12.1 Å². The zero-order valence-electron chi connectivity index (χ0n) is 13.3. The molecule has 0 amide bonds. The number of hydrogen-bond donors (Lipinski definition) is 1. The van der Waals surface area contributed by atoms with E-state index < -0.39 is 6.10 Å². The monoisotopic (exact) mass is 331 g/mol. The van der Waals surface area contributed by atoms with Crippen LogP contribution in [0.3, 0.4) is 0 Å². The predicted octanol–water partition coefficient (Wildman–Crippen LogP) is 4.35. The van der Waals surface area contributed by atoms with Crippen LogP contribution >= 0.6 is 11.8 Å². The van der Waals surface area contributed by atoms with E-state index in [9.17, 15) is 9.50 Å². The average molecular weight is 331 g/mol. The maximum atomic E-state index is 13.9. The first kappa shape index (κ1) is 16.5. The van der Waals surface area contributed by atoms with Gasteiger partial charge in [0.15, 0.2) is 0 Å². The Hall–Kier alpha value is -1.36. The van der Waals surface area contributed by atoms with Crippen LogP contribution in [-0.2, 0) is 0 Å². The molecule has 1 unspecified atom stereocenters. The third-order valence-corrected chi connectivity index (χ3v) is 5.65. The summed E-state index contributed by atoms with van der Waals surface area (Å²) in [5.41, 5.74) is 0.912. The fourth-order valence-electron chi connectivity index (χ4n) is 3.06. The minimum Gasteiger partial charge on any atom is -0.388 e. The molecule has 1 saturated heterocycles. The van der Waals surface area contributed by atoms with E-state index in [-0.39, 0.29) is 11.7 Å². The molecule has 1 aliphatic rings. The Labute approximate surface area is 141 Å². The largest absolute Gasteiger partial charge is 0.388 e. The fourth-order valence-corrected chi connectivity index (χ4v) is 4.06. The van der Waals surface area contributed by atoms with Crippen LogP contribution in [0.15, 0.2) is 58.3 Å². The lowest BCUT2D eigenvalue weighted by Gasteiger charge is -2.32. The van der Waals surface area contributed by atoms with E-state index in [2.05, 4.69) is 11.9 Å². The van der Waals surface area contributed by atoms with Crippen molar-refractivity contribution in [1.29, 1.82) is 0 Å². The number of likely N-dealkylation sites (tertiary alicyclic amines) is 1. The Morgan fingerprint density at radius 3 is 2.35 bits per heavy atom. The first-order valence-corrected chi connectivity index (χ1v) is 8.84. The zero-order valence-corrected chi connectivity index (χ0v) is 14.1. The molecule has 4 heteroatoms. The Kier molecular flexibility index (Phi) is 5.36. The maximum absolute atomic E-state index is 13.9. The van der Waals surface area contributed by atoms with Gasteiger partial charge in [-0.05, 0) is 62.7 Å². The van der Waals surface area contributed by atoms with Gasteiger partial charge < -0.3 is 10.0 Å². The summed E-state index contributed by atoms with van der Waals surface area (Å²) in [5, 5.41) is 10.8. The SMILES string of the molecule is CN1CCC(C(O)c2ccccc2Sc2ccccc2F)CC1. The molecule has 3 rings (SSSR count). The standard InChI is InChI=1S/C19H22FNOS/c1-21-12-10-14(11-13-21)19(22)15-6-2-4-8-17(15)23-18-9-5-3-7-16(18)20/h2-9,14,19,22H,10-13H2,1H3. The van der Waals surface area contributed by atoms with Gasteiger partial charge in [-0.15, -0.1) is 0 Å². The highest BCUT2D eigenvalue weighted by Gasteiger charge is 2.26. The minimum absolute atomic E-state index is 0.221. The average Bonchev–Trinajstić information content (AvgIpc) is 2.57. The number of piperidine rings is 1. The molecule has 2 nitrogen and oxygen atoms in total. The normalized spacial score (nSPS) is 18.0. The summed E-state index contributed by atoms with van der Waals surface area (Å²) in [6.45, 7) is 2.04. The van der Waals surface area contributed by atoms with Crippen molar-refractivity contribution in [2.24, 2.45) is 5.92 Å². The van der Waals surface area contributed by atoms with E-state index in [4.69, 9.17) is 0 Å². The lowest BCUT2D eigenvalue weighted by atomic mass is 9.87. The number of aliphatic hydroxyl groups excluding tert-OH is 1. The van der Waals surface area contributed by atoms with E-state index in [0.717, 1.165) is 36.4 Å². The van der Waals surface area contributed by atoms with Crippen LogP contribution in [0.25, 0.3) is 0 Å². The van der Waals surface area contributed by atoms with Crippen molar-refractivity contribution >= 4 is 11.8 Å². The first-order valence-electron chi connectivity index (χ1n) is 8.03. The molecule has 0 aliphatic carbocycles. The van der Waals surface area contributed by atoms with Crippen LogP contribution in [0.2, 0.25) is 0 Å². The Bertz CT molecular complexity index is 655. The molecule has 0 aromatic heterocycles. The molecule has 2 aromatic carbocycles. The van der Waals surface area contributed by atoms with Gasteiger partial charge in [-0.25, -0.2) is 4.39 Å². The molecule has 0 bridgehead atoms. The van der Waals surface area contributed by atoms with E-state index >= 15 is 0 Å². The first-order chi connectivity index (χ1) is 11.1. The predicted molar refractivity (Wildman–Crippen MR) is 92.1 cm³/mol. The topological polar surface area (TPSA) is 23.5 Å². The highest BCUT2D eigenvalue weighted by atomic mass is 32.2. The number of benzene rings is 2. The summed E-state index contributed by atoms with van der Waals surface area (Å²) in [5.74, 6) is 0.0506. The Balaban J connectivity index is 1.81. The molecule has 1 fully saturated rings. The third-order valence-electron chi connectivity index (χ3n) is 4.50. The summed E-state index contributed by atoms with van der Waals surface area (Å²) >= 11 is 1.39. The summed E-state index contributed by atoms with van der Waals surface area (Å²) < 4.78 is 13.9. The van der Waals surface area contributed by atoms with E-state index in [1.165, 1.54) is 17.8 Å². The van der Waals surface area contributed by atoms with Gasteiger partial charge in [-0.2, -0.15) is 0 Å². The van der Waals surface area contributed by atoms with Crippen LogP contribution in [0.1, 0.15) is 24.5 Å². The van der Waals surface area contributed by atoms with Crippen molar-refractivity contribution in [2.45, 2.75) is 28.7 Å². The summed E-state index contributed by atoms with van der Waals surface area (Å²) in [6.07, 6.45) is 1.51. The van der Waals surface area contributed by atoms with Crippen LogP contribution in [0.5, 0.6) is 0 Å². The number of rotatable bonds is 4. The van der Waals surface area contributed by atoms with Crippen molar-refractivity contribution in [2.75, 3.05) is 20.1 Å². The second kappa shape index (κ2) is 7.47. The molecule has 23 heavy (non-hydrogen) atoms. The molecule has 0 radical (unpaired) electrons. The highest BCUT2D eigenvalue weighted by molar-refractivity contribution is 7.99. The van der Waals surface area contributed by atoms with Gasteiger partial charge in [0.05, 0.1) is 6.10 Å². The van der Waals surface area contributed by atoms with Crippen LogP contribution < -0.4 is 0 Å². The fraction of sp³-hybridized carbons (Fsp3) is 0.368. The summed E-state index contributed by atoms with van der Waals surface area (Å²) in [7, 11) is 2.12. The van der Waals surface area contributed by atoms with Gasteiger partial charge >= 0.3 is 0 Å². The molecule has 0 saturated carbocycles. The van der Waals surface area contributed by atoms with Gasteiger partial charge in [0.2, 0.25) is 0 Å². The smallest absolute Gasteiger partial charge is 0.137 e. The van der Waals surface area contributed by atoms with Gasteiger partial charge in [-0.1, -0.05) is 42.1 Å². The summed E-state index contributed by atoms with van der Waals surface area (Å²) in [4.78, 5) is 3.82. The van der Waals surface area contributed by atoms with Gasteiger partial charge in [-0.3, -0.25) is 0 Å². The lowest BCUT2D eigenvalue weighted by molar-refractivity contribution is 0.0639. The molecule has 1 heterocycles. The molecule has 2 aromatic rings. The molecule has 1 aliphatic heterocycles. The van der Waals surface area contributed by atoms with Crippen molar-refractivity contribution < 1.29 is 9.50 Å². The van der Waals surface area contributed by atoms with Crippen molar-refractivity contribution in [3.05, 3.63) is 59.9 Å². The maximum Gasteiger partial charge on any atom is 0.137 e. The number of nitrogens with zero attached hydrogens (tertiary/aromatic N) is 1. The van der Waals surface area contributed by atoms with Crippen molar-refractivity contribution in [3.63, 3.8) is 0 Å². The molecular formula is C19H22FNOS. The second-order valence-electron chi connectivity index (χ2n) is 6.16. The molecular weight excluding hydrogens is 309 g/mol. The Morgan fingerprint density at radius 2 is 1.65 bits per heavy atom. The van der Waals surface area contributed by atoms with Crippen LogP contribution in [0.4, 0.5) is 4.39 Å². The van der Waals surface area contributed by atoms with Gasteiger partial charge in [0.25, 0.3) is 0 Å². The Morgan fingerprint density at radius 1 is 1.04 bits per heavy atom. The number of aliphatic hydroxyl groups is 1. The zero-order chi connectivity index (χ0) is 16.2. The van der Waals surface area contributed by atoms with Crippen molar-refractivity contribution in [1.82, 2.24) is 4.90 Å². The minimum atomic E-state index is -0.487. The lowest BCUT2D eigenvalue weighted by Crippen LogP contribution is -2.32. The quantitative estimate of drug-likeness (QED) is 0.901. The third kappa shape index (κ3) is 3.94. The highest BCUT2D eigenvalue weighted by Crippen LogP contribution is 2.38. The van der Waals surface area contributed by atoms with Crippen LogP contribution in [-0.4, -0.2) is 30.1 Å². The molecule has 1 atom stereocenters. The second-order valence-corrected chi connectivity index (χ2v) is 7.24. The summed E-state index contributed by atoms with van der Waals surface area (Å²) in [6, 6.07) is 14.6. The van der Waals surface area contributed by atoms with Crippen molar-refractivity contribution in [3.8, 4) is 0 Å².